The van der Waals surface area contributed by atoms with Crippen LogP contribution in [0.1, 0.15) is 21.5 Å². The van der Waals surface area contributed by atoms with Gasteiger partial charge in [-0.25, -0.2) is 14.4 Å². The number of benzene rings is 3. The second-order valence-electron chi connectivity index (χ2n) is 6.47. The van der Waals surface area contributed by atoms with Crippen LogP contribution in [0.25, 0.3) is 0 Å². The lowest BCUT2D eigenvalue weighted by molar-refractivity contribution is 0.0696. The fourth-order valence-corrected chi connectivity index (χ4v) is 2.63. The van der Waals surface area contributed by atoms with Gasteiger partial charge in [0.25, 0.3) is 0 Å². The minimum absolute atomic E-state index is 0.0776. The summed E-state index contributed by atoms with van der Waals surface area (Å²) in [4.78, 5) is 35.9. The van der Waals surface area contributed by atoms with Gasteiger partial charge < -0.3 is 14.6 Å². The van der Waals surface area contributed by atoms with Crippen molar-refractivity contribution in [2.24, 2.45) is 0 Å². The second-order valence-corrected chi connectivity index (χ2v) is 6.47. The fourth-order valence-electron chi connectivity index (χ4n) is 2.63. The molecule has 0 aliphatic rings. The third kappa shape index (κ3) is 6.38. The Morgan fingerprint density at radius 2 is 1.09 bits per heavy atom. The number of amides is 2. The molecule has 0 aromatic heterocycles. The molecule has 162 valence electrons. The number of carbonyl (C=O) groups excluding carboxylic acids is 2. The molecule has 0 saturated carbocycles. The molecule has 3 aromatic rings. The van der Waals surface area contributed by atoms with Crippen LogP contribution in [-0.2, 0) is 0 Å². The van der Waals surface area contributed by atoms with Crippen LogP contribution in [0.5, 0.6) is 11.5 Å². The number of carboxylic acids is 1. The summed E-state index contributed by atoms with van der Waals surface area (Å²) in [6.07, 6.45) is 8.83. The van der Waals surface area contributed by atoms with Crippen molar-refractivity contribution in [3.8, 4) is 36.2 Å². The van der Waals surface area contributed by atoms with Crippen LogP contribution in [0.2, 0.25) is 0 Å². The van der Waals surface area contributed by atoms with Gasteiger partial charge in [0.2, 0.25) is 0 Å². The van der Waals surface area contributed by atoms with Crippen LogP contribution in [0.3, 0.4) is 0 Å². The van der Waals surface area contributed by atoms with Gasteiger partial charge in [-0.1, -0.05) is 11.8 Å². The van der Waals surface area contributed by atoms with Gasteiger partial charge in [-0.2, -0.15) is 0 Å². The Balaban J connectivity index is 1.70. The highest BCUT2D eigenvalue weighted by molar-refractivity contribution is 5.96. The summed E-state index contributed by atoms with van der Waals surface area (Å²) in [5.74, 6) is 4.09. The summed E-state index contributed by atoms with van der Waals surface area (Å²) in [5, 5.41) is 14.2. The van der Waals surface area contributed by atoms with Crippen LogP contribution in [0, 0.1) is 24.7 Å². The van der Waals surface area contributed by atoms with Crippen molar-refractivity contribution >= 4 is 29.5 Å². The number of hydrogen-bond donors (Lipinski definition) is 3. The Labute approximate surface area is 189 Å². The highest BCUT2D eigenvalue weighted by Crippen LogP contribution is 2.21. The fraction of sp³-hybridized carbons (Fsp3) is 0. The van der Waals surface area contributed by atoms with E-state index >= 15 is 0 Å². The van der Waals surface area contributed by atoms with E-state index in [0.717, 1.165) is 0 Å². The number of rotatable bonds is 5. The number of aromatic carboxylic acids is 1. The predicted octanol–water partition coefficient (Wildman–Crippen LogP) is 4.57. The lowest BCUT2D eigenvalue weighted by atomic mass is 10.1. The number of carboxylic acid groups (broad SMARTS) is 1. The van der Waals surface area contributed by atoms with Crippen molar-refractivity contribution in [1.29, 1.82) is 0 Å². The molecule has 0 spiro atoms. The lowest BCUT2D eigenvalue weighted by Crippen LogP contribution is -2.19. The van der Waals surface area contributed by atoms with E-state index in [1.807, 2.05) is 0 Å². The molecule has 3 rings (SSSR count). The van der Waals surface area contributed by atoms with Crippen LogP contribution >= 0.6 is 0 Å². The van der Waals surface area contributed by atoms with Crippen molar-refractivity contribution in [3.05, 3.63) is 83.4 Å². The first-order valence-electron chi connectivity index (χ1n) is 9.35. The third-order valence-corrected chi connectivity index (χ3v) is 4.14. The average Bonchev–Trinajstić information content (AvgIpc) is 2.79. The molecular formula is C25H16N2O6. The molecule has 0 bridgehead atoms. The van der Waals surface area contributed by atoms with E-state index in [1.165, 1.54) is 42.5 Å². The van der Waals surface area contributed by atoms with Crippen molar-refractivity contribution < 1.29 is 29.0 Å². The van der Waals surface area contributed by atoms with Crippen molar-refractivity contribution in [2.45, 2.75) is 0 Å². The van der Waals surface area contributed by atoms with Crippen LogP contribution in [-0.4, -0.2) is 23.3 Å². The third-order valence-electron chi connectivity index (χ3n) is 4.14. The molecule has 0 heterocycles. The van der Waals surface area contributed by atoms with E-state index in [0.29, 0.717) is 11.1 Å². The Kier molecular flexibility index (Phi) is 6.95. The van der Waals surface area contributed by atoms with E-state index in [2.05, 4.69) is 22.5 Å². The predicted molar refractivity (Wildman–Crippen MR) is 121 cm³/mol. The van der Waals surface area contributed by atoms with Crippen LogP contribution in [0.15, 0.2) is 66.7 Å². The van der Waals surface area contributed by atoms with Gasteiger partial charge in [-0.15, -0.1) is 12.8 Å². The van der Waals surface area contributed by atoms with Gasteiger partial charge in [-0.05, 0) is 66.7 Å². The summed E-state index contributed by atoms with van der Waals surface area (Å²) in [6.45, 7) is 0. The standard InChI is InChI=1S/C25H16N2O6/c1-3-16-5-9-21(10-6-16)32-24(30)26-19-13-18(23(28)29)14-20(15-19)27-25(31)33-22-11-7-17(4-2)8-12-22/h1-2,5-15H,(H,26,30)(H,27,31)(H,28,29). The van der Waals surface area contributed by atoms with Gasteiger partial charge in [-0.3, -0.25) is 10.6 Å². The number of carbonyl (C=O) groups is 3. The maximum absolute atomic E-state index is 12.2. The number of ether oxygens (including phenoxy) is 2. The van der Waals surface area contributed by atoms with Crippen molar-refractivity contribution in [2.75, 3.05) is 10.6 Å². The summed E-state index contributed by atoms with van der Waals surface area (Å²) in [6, 6.07) is 16.2. The number of nitrogens with one attached hydrogen (secondary N) is 2. The van der Waals surface area contributed by atoms with Gasteiger partial charge in [0.05, 0.1) is 5.56 Å². The number of hydrogen-bond acceptors (Lipinski definition) is 5. The molecule has 0 radical (unpaired) electrons. The Morgan fingerprint density at radius 1 is 0.697 bits per heavy atom. The SMILES string of the molecule is C#Cc1ccc(OC(=O)Nc2cc(NC(=O)Oc3ccc(C#C)cc3)cc(C(=O)O)c2)cc1. The lowest BCUT2D eigenvalue weighted by Gasteiger charge is -2.11. The molecular weight excluding hydrogens is 424 g/mol. The van der Waals surface area contributed by atoms with Crippen molar-refractivity contribution in [1.82, 2.24) is 0 Å². The Morgan fingerprint density at radius 3 is 1.42 bits per heavy atom. The molecule has 0 saturated heterocycles. The van der Waals surface area contributed by atoms with E-state index in [1.54, 1.807) is 24.3 Å². The van der Waals surface area contributed by atoms with Crippen molar-refractivity contribution in [3.63, 3.8) is 0 Å². The summed E-state index contributed by atoms with van der Waals surface area (Å²) < 4.78 is 10.3. The van der Waals surface area contributed by atoms with E-state index < -0.39 is 18.2 Å². The van der Waals surface area contributed by atoms with Gasteiger partial charge in [0.1, 0.15) is 11.5 Å². The average molecular weight is 440 g/mol. The van der Waals surface area contributed by atoms with Gasteiger partial charge >= 0.3 is 18.2 Å². The van der Waals surface area contributed by atoms with E-state index in [9.17, 15) is 19.5 Å². The first-order chi connectivity index (χ1) is 15.9. The van der Waals surface area contributed by atoms with Gasteiger partial charge in [0, 0.05) is 22.5 Å². The van der Waals surface area contributed by atoms with Crippen LogP contribution < -0.4 is 20.1 Å². The summed E-state index contributed by atoms with van der Waals surface area (Å²) in [7, 11) is 0. The molecule has 33 heavy (non-hydrogen) atoms. The number of anilines is 2. The molecule has 0 fully saturated rings. The van der Waals surface area contributed by atoms with E-state index in [4.69, 9.17) is 22.3 Å². The summed E-state index contributed by atoms with van der Waals surface area (Å²) >= 11 is 0. The second kappa shape index (κ2) is 10.2. The first-order valence-corrected chi connectivity index (χ1v) is 9.35. The molecule has 0 unspecified atom stereocenters. The van der Waals surface area contributed by atoms with E-state index in [-0.39, 0.29) is 28.4 Å². The maximum Gasteiger partial charge on any atom is 0.417 e. The topological polar surface area (TPSA) is 114 Å². The van der Waals surface area contributed by atoms with Crippen LogP contribution in [0.4, 0.5) is 21.0 Å². The highest BCUT2D eigenvalue weighted by Gasteiger charge is 2.13. The molecule has 0 atom stereocenters. The zero-order valence-corrected chi connectivity index (χ0v) is 17.0. The van der Waals surface area contributed by atoms with Gasteiger partial charge in [0.15, 0.2) is 0 Å². The Bertz CT molecular complexity index is 1190. The molecule has 0 aliphatic heterocycles. The smallest absolute Gasteiger partial charge is 0.417 e. The highest BCUT2D eigenvalue weighted by atomic mass is 16.6. The molecule has 2 amide bonds. The minimum atomic E-state index is -1.27. The largest absolute Gasteiger partial charge is 0.478 e. The quantitative estimate of drug-likeness (QED) is 0.501. The Hall–Kier alpha value is -5.21. The maximum atomic E-state index is 12.2. The first kappa shape index (κ1) is 22.5. The minimum Gasteiger partial charge on any atom is -0.478 e. The molecule has 0 aliphatic carbocycles. The molecule has 3 aromatic carbocycles. The zero-order chi connectivity index (χ0) is 23.8. The molecule has 8 nitrogen and oxygen atoms in total. The normalized spacial score (nSPS) is 9.64. The number of terminal acetylenes is 2. The zero-order valence-electron chi connectivity index (χ0n) is 17.0. The molecule has 3 N–H and O–H groups in total. The molecule has 8 heteroatoms. The monoisotopic (exact) mass is 440 g/mol. The summed E-state index contributed by atoms with van der Waals surface area (Å²) in [5.41, 5.74) is 1.21.